The molecule has 0 radical (unpaired) electrons. The van der Waals surface area contributed by atoms with Gasteiger partial charge in [-0.2, -0.15) is 0 Å². The van der Waals surface area contributed by atoms with Crippen molar-refractivity contribution in [3.05, 3.63) is 24.3 Å². The minimum Gasteiger partial charge on any atom is -0.326 e. The minimum atomic E-state index is -0.440. The Hall–Kier alpha value is -1.55. The summed E-state index contributed by atoms with van der Waals surface area (Å²) in [6, 6.07) is 7.05. The summed E-state index contributed by atoms with van der Waals surface area (Å²) >= 11 is 5.50. The molecule has 0 saturated heterocycles. The van der Waals surface area contributed by atoms with Crippen LogP contribution >= 0.6 is 11.6 Å². The summed E-state index contributed by atoms with van der Waals surface area (Å²) in [6.45, 7) is 5.55. The van der Waals surface area contributed by atoms with E-state index < -0.39 is 5.41 Å². The molecule has 1 aromatic carbocycles. The average molecular weight is 283 g/mol. The molecule has 4 nitrogen and oxygen atoms in total. The highest BCUT2D eigenvalue weighted by atomic mass is 35.5. The molecule has 0 bridgehead atoms. The summed E-state index contributed by atoms with van der Waals surface area (Å²) in [5.74, 6) is -0.280. The van der Waals surface area contributed by atoms with Gasteiger partial charge in [-0.05, 0) is 24.3 Å². The highest BCUT2D eigenvalue weighted by Gasteiger charge is 2.21. The number of nitrogens with one attached hydrogen (secondary N) is 1. The minimum absolute atomic E-state index is 0.0505. The smallest absolute Gasteiger partial charge is 0.241 e. The summed E-state index contributed by atoms with van der Waals surface area (Å²) < 4.78 is 0. The zero-order valence-electron chi connectivity index (χ0n) is 11.7. The number of halogens is 1. The van der Waals surface area contributed by atoms with E-state index in [4.69, 9.17) is 11.6 Å². The molecule has 0 atom stereocenters. The maximum Gasteiger partial charge on any atom is 0.241 e. The summed E-state index contributed by atoms with van der Waals surface area (Å²) in [4.78, 5) is 24.7. The lowest BCUT2D eigenvalue weighted by atomic mass is 9.95. The van der Waals surface area contributed by atoms with Gasteiger partial charge in [0.15, 0.2) is 0 Å². The third-order valence-corrected chi connectivity index (χ3v) is 2.91. The second-order valence-corrected chi connectivity index (χ2v) is 5.60. The van der Waals surface area contributed by atoms with Gasteiger partial charge in [-0.1, -0.05) is 20.8 Å². The molecule has 2 amide bonds. The number of rotatable bonds is 3. The molecule has 0 unspecified atom stereocenters. The lowest BCUT2D eigenvalue weighted by Crippen LogP contribution is -2.28. The van der Waals surface area contributed by atoms with Crippen molar-refractivity contribution in [2.24, 2.45) is 5.41 Å². The molecular weight excluding hydrogens is 264 g/mol. The zero-order valence-corrected chi connectivity index (χ0v) is 12.4. The SMILES string of the molecule is CN(C(=O)CCl)c1ccc(NC(=O)C(C)(C)C)cc1. The van der Waals surface area contributed by atoms with Crippen molar-refractivity contribution in [1.29, 1.82) is 0 Å². The summed E-state index contributed by atoms with van der Waals surface area (Å²) in [7, 11) is 1.66. The second-order valence-electron chi connectivity index (χ2n) is 5.34. The van der Waals surface area contributed by atoms with Crippen LogP contribution in [0.25, 0.3) is 0 Å². The van der Waals surface area contributed by atoms with Gasteiger partial charge in [0.2, 0.25) is 11.8 Å². The van der Waals surface area contributed by atoms with Crippen molar-refractivity contribution in [3.8, 4) is 0 Å². The molecule has 0 aliphatic rings. The molecule has 1 aromatic rings. The average Bonchev–Trinajstić information content (AvgIpc) is 2.36. The molecule has 0 spiro atoms. The van der Waals surface area contributed by atoms with E-state index in [9.17, 15) is 9.59 Å². The van der Waals surface area contributed by atoms with Crippen LogP contribution in [0.5, 0.6) is 0 Å². The van der Waals surface area contributed by atoms with Gasteiger partial charge >= 0.3 is 0 Å². The van der Waals surface area contributed by atoms with Crippen molar-refractivity contribution >= 4 is 34.8 Å². The molecule has 1 rings (SSSR count). The fraction of sp³-hybridized carbons (Fsp3) is 0.429. The predicted octanol–water partition coefficient (Wildman–Crippen LogP) is 2.87. The van der Waals surface area contributed by atoms with Crippen LogP contribution in [0.15, 0.2) is 24.3 Å². The monoisotopic (exact) mass is 282 g/mol. The van der Waals surface area contributed by atoms with Crippen molar-refractivity contribution in [3.63, 3.8) is 0 Å². The van der Waals surface area contributed by atoms with Gasteiger partial charge in [-0.15, -0.1) is 11.6 Å². The summed E-state index contributed by atoms with van der Waals surface area (Å²) in [6.07, 6.45) is 0. The molecule has 1 N–H and O–H groups in total. The third kappa shape index (κ3) is 4.24. The van der Waals surface area contributed by atoms with E-state index in [0.717, 1.165) is 5.69 Å². The Kier molecular flexibility index (Phi) is 4.95. The largest absolute Gasteiger partial charge is 0.326 e. The number of anilines is 2. The molecule has 0 aliphatic heterocycles. The van der Waals surface area contributed by atoms with Gasteiger partial charge in [0.1, 0.15) is 5.88 Å². The normalized spacial score (nSPS) is 11.0. The highest BCUT2D eigenvalue weighted by Crippen LogP contribution is 2.20. The number of amides is 2. The predicted molar refractivity (Wildman–Crippen MR) is 78.7 cm³/mol. The molecule has 0 aliphatic carbocycles. The van der Waals surface area contributed by atoms with Gasteiger partial charge in [-0.25, -0.2) is 0 Å². The molecule has 19 heavy (non-hydrogen) atoms. The number of hydrogen-bond donors (Lipinski definition) is 1. The van der Waals surface area contributed by atoms with E-state index in [0.29, 0.717) is 5.69 Å². The lowest BCUT2D eigenvalue weighted by Gasteiger charge is -2.19. The van der Waals surface area contributed by atoms with Gasteiger partial charge in [0.25, 0.3) is 0 Å². The Labute approximate surface area is 118 Å². The molecule has 5 heteroatoms. The van der Waals surface area contributed by atoms with E-state index in [2.05, 4.69) is 5.32 Å². The molecular formula is C14H19ClN2O2. The van der Waals surface area contributed by atoms with Crippen LogP contribution in [0.3, 0.4) is 0 Å². The Morgan fingerprint density at radius 2 is 1.74 bits per heavy atom. The first-order chi connectivity index (χ1) is 8.75. The standard InChI is InChI=1S/C14H19ClN2O2/c1-14(2,3)13(19)16-10-5-7-11(8-6-10)17(4)12(18)9-15/h5-8H,9H2,1-4H3,(H,16,19). The number of alkyl halides is 1. The fourth-order valence-corrected chi connectivity index (χ4v) is 1.50. The first-order valence-corrected chi connectivity index (χ1v) is 6.53. The first-order valence-electron chi connectivity index (χ1n) is 5.99. The summed E-state index contributed by atoms with van der Waals surface area (Å²) in [5, 5.41) is 2.82. The Bertz CT molecular complexity index is 463. The van der Waals surface area contributed by atoms with Gasteiger partial charge < -0.3 is 10.2 Å². The van der Waals surface area contributed by atoms with Crippen LogP contribution in [0.4, 0.5) is 11.4 Å². The van der Waals surface area contributed by atoms with Crippen molar-refractivity contribution in [2.45, 2.75) is 20.8 Å². The van der Waals surface area contributed by atoms with E-state index in [1.165, 1.54) is 4.90 Å². The molecule has 0 heterocycles. The lowest BCUT2D eigenvalue weighted by molar-refractivity contribution is -0.123. The van der Waals surface area contributed by atoms with E-state index in [1.807, 2.05) is 20.8 Å². The molecule has 0 fully saturated rings. The molecule has 0 aromatic heterocycles. The molecule has 0 saturated carbocycles. The van der Waals surface area contributed by atoms with Crippen LogP contribution in [0, 0.1) is 5.41 Å². The van der Waals surface area contributed by atoms with Crippen LogP contribution in [-0.4, -0.2) is 24.7 Å². The number of carbonyl (C=O) groups excluding carboxylic acids is 2. The Morgan fingerprint density at radius 1 is 1.21 bits per heavy atom. The van der Waals surface area contributed by atoms with Crippen molar-refractivity contribution in [2.75, 3.05) is 23.1 Å². The number of nitrogens with zero attached hydrogens (tertiary/aromatic N) is 1. The molecule has 104 valence electrons. The fourth-order valence-electron chi connectivity index (χ4n) is 1.32. The van der Waals surface area contributed by atoms with Gasteiger partial charge in [-0.3, -0.25) is 9.59 Å². The van der Waals surface area contributed by atoms with Crippen LogP contribution in [0.1, 0.15) is 20.8 Å². The maximum atomic E-state index is 11.8. The second kappa shape index (κ2) is 6.06. The number of benzene rings is 1. The highest BCUT2D eigenvalue weighted by molar-refractivity contribution is 6.29. The number of carbonyl (C=O) groups is 2. The van der Waals surface area contributed by atoms with Gasteiger partial charge in [0, 0.05) is 23.8 Å². The van der Waals surface area contributed by atoms with Crippen molar-refractivity contribution in [1.82, 2.24) is 0 Å². The first kappa shape index (κ1) is 15.5. The number of hydrogen-bond acceptors (Lipinski definition) is 2. The van der Waals surface area contributed by atoms with Crippen LogP contribution in [-0.2, 0) is 9.59 Å². The van der Waals surface area contributed by atoms with Crippen LogP contribution < -0.4 is 10.2 Å². The van der Waals surface area contributed by atoms with Crippen LogP contribution in [0.2, 0.25) is 0 Å². The van der Waals surface area contributed by atoms with Gasteiger partial charge in [0.05, 0.1) is 0 Å². The Balaban J connectivity index is 2.77. The Morgan fingerprint density at radius 3 is 2.16 bits per heavy atom. The third-order valence-electron chi connectivity index (χ3n) is 2.68. The summed E-state index contributed by atoms with van der Waals surface area (Å²) in [5.41, 5.74) is 0.999. The van der Waals surface area contributed by atoms with E-state index >= 15 is 0 Å². The quantitative estimate of drug-likeness (QED) is 0.867. The maximum absolute atomic E-state index is 11.8. The van der Waals surface area contributed by atoms with E-state index in [-0.39, 0.29) is 17.7 Å². The van der Waals surface area contributed by atoms with E-state index in [1.54, 1.807) is 31.3 Å². The topological polar surface area (TPSA) is 49.4 Å². The van der Waals surface area contributed by atoms with Crippen molar-refractivity contribution < 1.29 is 9.59 Å². The zero-order chi connectivity index (χ0) is 14.6.